The third-order valence-electron chi connectivity index (χ3n) is 2.37. The van der Waals surface area contributed by atoms with Gasteiger partial charge in [-0.2, -0.15) is 0 Å². The molecular weight excluding hydrogens is 301 g/mol. The van der Waals surface area contributed by atoms with Gasteiger partial charge in [-0.15, -0.1) is 5.10 Å². The molecule has 0 bridgehead atoms. The fourth-order valence-corrected chi connectivity index (χ4v) is 1.95. The van der Waals surface area contributed by atoms with E-state index in [-0.39, 0.29) is 5.75 Å². The number of aryl methyl sites for hydroxylation is 1. The highest BCUT2D eigenvalue weighted by molar-refractivity contribution is 9.09. The molecule has 0 atom stereocenters. The zero-order chi connectivity index (χ0) is 13.0. The summed E-state index contributed by atoms with van der Waals surface area (Å²) in [5.74, 6) is -0.145. The van der Waals surface area contributed by atoms with Crippen molar-refractivity contribution in [1.29, 1.82) is 0 Å². The van der Waals surface area contributed by atoms with Crippen LogP contribution in [0.25, 0.3) is 5.69 Å². The topological polar surface area (TPSA) is 39.9 Å². The fraction of sp³-hybridized carbons (Fsp3) is 0.333. The molecule has 6 heteroatoms. The first-order chi connectivity index (χ1) is 8.74. The number of halogens is 2. The summed E-state index contributed by atoms with van der Waals surface area (Å²) in [7, 11) is 0. The van der Waals surface area contributed by atoms with Gasteiger partial charge in [0, 0.05) is 17.8 Å². The molecule has 1 heterocycles. The first-order valence-electron chi connectivity index (χ1n) is 5.64. The van der Waals surface area contributed by atoms with Gasteiger partial charge in [0.2, 0.25) is 0 Å². The molecule has 0 unspecified atom stereocenters. The zero-order valence-electron chi connectivity index (χ0n) is 9.94. The molecule has 0 spiro atoms. The third-order valence-corrected chi connectivity index (χ3v) is 2.77. The molecule has 0 saturated carbocycles. The zero-order valence-corrected chi connectivity index (χ0v) is 11.5. The van der Waals surface area contributed by atoms with E-state index in [4.69, 9.17) is 4.74 Å². The lowest BCUT2D eigenvalue weighted by molar-refractivity contribution is 0.321. The smallest absolute Gasteiger partial charge is 0.167 e. The van der Waals surface area contributed by atoms with Gasteiger partial charge in [-0.25, -0.2) is 9.07 Å². The van der Waals surface area contributed by atoms with Gasteiger partial charge in [-0.1, -0.05) is 21.1 Å². The second-order valence-corrected chi connectivity index (χ2v) is 4.43. The van der Waals surface area contributed by atoms with Crippen molar-refractivity contribution in [3.05, 3.63) is 35.9 Å². The van der Waals surface area contributed by atoms with Gasteiger partial charge in [0.05, 0.1) is 24.2 Å². The molecule has 96 valence electrons. The van der Waals surface area contributed by atoms with E-state index in [0.29, 0.717) is 12.3 Å². The predicted molar refractivity (Wildman–Crippen MR) is 70.0 cm³/mol. The van der Waals surface area contributed by atoms with Crippen molar-refractivity contribution >= 4 is 15.9 Å². The average Bonchev–Trinajstić information content (AvgIpc) is 2.81. The molecule has 18 heavy (non-hydrogen) atoms. The highest BCUT2D eigenvalue weighted by Crippen LogP contribution is 2.20. The molecule has 0 radical (unpaired) electrons. The Morgan fingerprint density at radius 3 is 2.94 bits per heavy atom. The molecule has 0 N–H and O–H groups in total. The molecule has 4 nitrogen and oxygen atoms in total. The summed E-state index contributed by atoms with van der Waals surface area (Å²) >= 11 is 3.34. The second kappa shape index (κ2) is 5.95. The van der Waals surface area contributed by atoms with Crippen molar-refractivity contribution < 1.29 is 9.13 Å². The third kappa shape index (κ3) is 2.87. The van der Waals surface area contributed by atoms with Gasteiger partial charge < -0.3 is 4.74 Å². The van der Waals surface area contributed by atoms with Crippen molar-refractivity contribution in [3.63, 3.8) is 0 Å². The van der Waals surface area contributed by atoms with Crippen molar-refractivity contribution in [3.8, 4) is 11.4 Å². The predicted octanol–water partition coefficient (Wildman–Crippen LogP) is 2.74. The average molecular weight is 314 g/mol. The van der Waals surface area contributed by atoms with Crippen LogP contribution in [-0.4, -0.2) is 26.9 Å². The maximum atomic E-state index is 13.7. The Hall–Kier alpha value is -1.43. The minimum atomic E-state index is -0.396. The van der Waals surface area contributed by atoms with Crippen molar-refractivity contribution in [2.45, 2.75) is 13.3 Å². The summed E-state index contributed by atoms with van der Waals surface area (Å²) in [4.78, 5) is 0. The Morgan fingerprint density at radius 1 is 1.44 bits per heavy atom. The number of aromatic nitrogens is 3. The van der Waals surface area contributed by atoms with Gasteiger partial charge in [0.1, 0.15) is 0 Å². The summed E-state index contributed by atoms with van der Waals surface area (Å²) < 4.78 is 20.4. The number of hydrogen-bond donors (Lipinski definition) is 0. The van der Waals surface area contributed by atoms with Crippen LogP contribution in [0.5, 0.6) is 5.75 Å². The van der Waals surface area contributed by atoms with Gasteiger partial charge in [0.25, 0.3) is 0 Å². The van der Waals surface area contributed by atoms with Gasteiger partial charge >= 0.3 is 0 Å². The molecule has 2 rings (SSSR count). The maximum Gasteiger partial charge on any atom is 0.167 e. The Kier molecular flexibility index (Phi) is 4.30. The number of rotatable bonds is 5. The van der Waals surface area contributed by atoms with E-state index in [2.05, 4.69) is 26.2 Å². The lowest BCUT2D eigenvalue weighted by Gasteiger charge is -2.06. The number of benzene rings is 1. The number of hydrogen-bond acceptors (Lipinski definition) is 3. The van der Waals surface area contributed by atoms with Crippen LogP contribution in [0.1, 0.15) is 12.6 Å². The molecule has 0 aliphatic heterocycles. The van der Waals surface area contributed by atoms with Gasteiger partial charge in [-0.3, -0.25) is 0 Å². The van der Waals surface area contributed by atoms with E-state index in [0.717, 1.165) is 17.4 Å². The quantitative estimate of drug-likeness (QED) is 0.797. The molecule has 0 amide bonds. The highest BCUT2D eigenvalue weighted by atomic mass is 79.9. The molecule has 0 aliphatic carbocycles. The highest BCUT2D eigenvalue weighted by Gasteiger charge is 2.07. The number of alkyl halides is 1. The van der Waals surface area contributed by atoms with E-state index in [1.807, 2.05) is 6.92 Å². The van der Waals surface area contributed by atoms with E-state index in [1.165, 1.54) is 6.07 Å². The maximum absolute atomic E-state index is 13.7. The Morgan fingerprint density at radius 2 is 2.28 bits per heavy atom. The molecular formula is C12H13BrFN3O. The van der Waals surface area contributed by atoms with Crippen LogP contribution >= 0.6 is 15.9 Å². The summed E-state index contributed by atoms with van der Waals surface area (Å²) in [6.45, 7) is 2.26. The Labute approximate surface area is 113 Å². The van der Waals surface area contributed by atoms with Crippen LogP contribution in [0.15, 0.2) is 24.4 Å². The second-order valence-electron chi connectivity index (χ2n) is 3.64. The summed E-state index contributed by atoms with van der Waals surface area (Å²) in [5, 5.41) is 8.78. The summed E-state index contributed by atoms with van der Waals surface area (Å²) in [5.41, 5.74) is 1.49. The Bertz CT molecular complexity index is 530. The van der Waals surface area contributed by atoms with E-state index in [9.17, 15) is 4.39 Å². The number of nitrogens with zero attached hydrogens (tertiary/aromatic N) is 3. The first kappa shape index (κ1) is 13.0. The summed E-state index contributed by atoms with van der Waals surface area (Å²) in [6.07, 6.45) is 2.58. The lowest BCUT2D eigenvalue weighted by atomic mass is 10.3. The molecule has 2 aromatic rings. The van der Waals surface area contributed by atoms with Crippen LogP contribution in [0, 0.1) is 5.82 Å². The molecule has 1 aromatic carbocycles. The van der Waals surface area contributed by atoms with E-state index < -0.39 is 5.82 Å². The van der Waals surface area contributed by atoms with Gasteiger partial charge in [0.15, 0.2) is 11.6 Å². The summed E-state index contributed by atoms with van der Waals surface area (Å²) in [6, 6.07) is 4.73. The minimum absolute atomic E-state index is 0.252. The monoisotopic (exact) mass is 313 g/mol. The van der Waals surface area contributed by atoms with Crippen molar-refractivity contribution in [1.82, 2.24) is 15.0 Å². The van der Waals surface area contributed by atoms with E-state index in [1.54, 1.807) is 23.0 Å². The minimum Gasteiger partial charge on any atom is -0.491 e. The SMILES string of the molecule is CCOc1ccc(-n2cc(CCBr)nn2)cc1F. The first-order valence-corrected chi connectivity index (χ1v) is 6.76. The van der Waals surface area contributed by atoms with Crippen LogP contribution in [0.2, 0.25) is 0 Å². The Balaban J connectivity index is 2.24. The van der Waals surface area contributed by atoms with Crippen LogP contribution in [0.4, 0.5) is 4.39 Å². The van der Waals surface area contributed by atoms with Crippen molar-refractivity contribution in [2.24, 2.45) is 0 Å². The molecule has 0 fully saturated rings. The van der Waals surface area contributed by atoms with E-state index >= 15 is 0 Å². The van der Waals surface area contributed by atoms with Crippen LogP contribution in [-0.2, 0) is 6.42 Å². The standard InChI is InChI=1S/C12H13BrFN3O/c1-2-18-12-4-3-10(7-11(12)14)17-8-9(5-6-13)15-16-17/h3-4,7-8H,2,5-6H2,1H3. The molecule has 1 aromatic heterocycles. The van der Waals surface area contributed by atoms with Gasteiger partial charge in [-0.05, 0) is 19.1 Å². The van der Waals surface area contributed by atoms with Crippen LogP contribution in [0.3, 0.4) is 0 Å². The molecule has 0 saturated heterocycles. The normalized spacial score (nSPS) is 10.6. The largest absolute Gasteiger partial charge is 0.491 e. The van der Waals surface area contributed by atoms with Crippen molar-refractivity contribution in [2.75, 3.05) is 11.9 Å². The number of ether oxygens (including phenoxy) is 1. The lowest BCUT2D eigenvalue weighted by Crippen LogP contribution is -1.99. The fourth-order valence-electron chi connectivity index (χ4n) is 1.54. The van der Waals surface area contributed by atoms with Crippen LogP contribution < -0.4 is 4.74 Å². The molecule has 0 aliphatic rings.